The Labute approximate surface area is 98.9 Å². The minimum Gasteiger partial charge on any atom is -0.118 e. The molecule has 4 bridgehead atoms. The Morgan fingerprint density at radius 2 is 1.69 bits per heavy atom. The molecule has 4 saturated carbocycles. The highest BCUT2D eigenvalue weighted by Crippen LogP contribution is 2.65. The fourth-order valence-electron chi connectivity index (χ4n) is 4.10. The third kappa shape index (κ3) is 1.09. The van der Waals surface area contributed by atoms with Crippen molar-refractivity contribution in [2.45, 2.75) is 47.3 Å². The van der Waals surface area contributed by atoms with Crippen LogP contribution >= 0.6 is 34.2 Å². The molecule has 5 atom stereocenters. The minimum absolute atomic E-state index is 0.0982. The van der Waals surface area contributed by atoms with Gasteiger partial charge in [0.05, 0.1) is 4.87 Å². The van der Waals surface area contributed by atoms with Crippen molar-refractivity contribution < 1.29 is 0 Å². The van der Waals surface area contributed by atoms with Gasteiger partial charge in [-0.3, -0.25) is 0 Å². The van der Waals surface area contributed by atoms with E-state index in [1.54, 1.807) is 0 Å². The molecule has 0 aromatic heterocycles. The van der Waals surface area contributed by atoms with Gasteiger partial charge in [-0.25, -0.2) is 0 Å². The maximum atomic E-state index is 6.76. The van der Waals surface area contributed by atoms with Gasteiger partial charge < -0.3 is 0 Å². The van der Waals surface area contributed by atoms with E-state index in [1.165, 1.54) is 32.1 Å². The largest absolute Gasteiger partial charge is 0.118 e. The van der Waals surface area contributed by atoms with Gasteiger partial charge in [0.15, 0.2) is 0 Å². The molecule has 13 heavy (non-hydrogen) atoms. The average Bonchev–Trinajstić information content (AvgIpc) is 1.99. The predicted octanol–water partition coefficient (Wildman–Crippen LogP) is 4.00. The van der Waals surface area contributed by atoms with Crippen molar-refractivity contribution in [3.05, 3.63) is 0 Å². The Morgan fingerprint density at radius 3 is 2.15 bits per heavy atom. The summed E-state index contributed by atoms with van der Waals surface area (Å²) < 4.78 is 0.432. The fraction of sp³-hybridized carbons (Fsp3) is 1.00. The smallest absolute Gasteiger partial charge is 0.0592 e. The van der Waals surface area contributed by atoms with Crippen LogP contribution < -0.4 is 0 Å². The zero-order chi connectivity index (χ0) is 9.27. The van der Waals surface area contributed by atoms with Crippen LogP contribution in [0.15, 0.2) is 0 Å². The molecule has 0 saturated heterocycles. The van der Waals surface area contributed by atoms with E-state index in [9.17, 15) is 0 Å². The third-order valence-electron chi connectivity index (χ3n) is 4.77. The van der Waals surface area contributed by atoms with Gasteiger partial charge in [-0.1, -0.05) is 22.6 Å². The number of rotatable bonds is 0. The van der Waals surface area contributed by atoms with Crippen molar-refractivity contribution in [2.24, 2.45) is 17.8 Å². The minimum atomic E-state index is 0.0982. The van der Waals surface area contributed by atoms with Gasteiger partial charge in [0, 0.05) is 3.42 Å². The molecule has 0 radical (unpaired) electrons. The fourth-order valence-corrected chi connectivity index (χ4v) is 6.12. The topological polar surface area (TPSA) is 0 Å². The summed E-state index contributed by atoms with van der Waals surface area (Å²) in [5, 5.41) is 0. The van der Waals surface area contributed by atoms with Crippen LogP contribution in [0.2, 0.25) is 0 Å². The molecule has 3 unspecified atom stereocenters. The van der Waals surface area contributed by atoms with Crippen LogP contribution in [0.5, 0.6) is 0 Å². The van der Waals surface area contributed by atoms with E-state index in [-0.39, 0.29) is 4.87 Å². The van der Waals surface area contributed by atoms with Gasteiger partial charge in [0.25, 0.3) is 0 Å². The molecular formula is C11H16ClI. The quantitative estimate of drug-likeness (QED) is 0.469. The summed E-state index contributed by atoms with van der Waals surface area (Å²) in [5.74, 6) is 2.85. The molecule has 0 spiro atoms. The molecule has 2 heteroatoms. The summed E-state index contributed by atoms with van der Waals surface area (Å²) in [5.41, 5.74) is 0. The molecule has 0 nitrogen and oxygen atoms in total. The zero-order valence-electron chi connectivity index (χ0n) is 8.02. The van der Waals surface area contributed by atoms with E-state index < -0.39 is 0 Å². The predicted molar refractivity (Wildman–Crippen MR) is 64.6 cm³/mol. The molecule has 0 heterocycles. The monoisotopic (exact) mass is 310 g/mol. The maximum Gasteiger partial charge on any atom is 0.0592 e. The second kappa shape index (κ2) is 2.58. The Balaban J connectivity index is 2.03. The molecular weight excluding hydrogens is 294 g/mol. The lowest BCUT2D eigenvalue weighted by Crippen LogP contribution is -2.61. The number of alkyl halides is 2. The van der Waals surface area contributed by atoms with Gasteiger partial charge in [0.2, 0.25) is 0 Å². The van der Waals surface area contributed by atoms with Crippen molar-refractivity contribution in [3.8, 4) is 0 Å². The molecule has 0 N–H and O–H groups in total. The Kier molecular flexibility index (Phi) is 1.84. The average molecular weight is 311 g/mol. The number of hydrogen-bond acceptors (Lipinski definition) is 0. The highest BCUT2D eigenvalue weighted by molar-refractivity contribution is 14.1. The summed E-state index contributed by atoms with van der Waals surface area (Å²) in [6, 6.07) is 0. The Hall–Kier alpha value is 1.02. The third-order valence-corrected chi connectivity index (χ3v) is 7.76. The summed E-state index contributed by atoms with van der Waals surface area (Å²) in [7, 11) is 0. The van der Waals surface area contributed by atoms with Crippen LogP contribution in [0.25, 0.3) is 0 Å². The van der Waals surface area contributed by atoms with Gasteiger partial charge in [0.1, 0.15) is 0 Å². The van der Waals surface area contributed by atoms with Crippen molar-refractivity contribution in [2.75, 3.05) is 0 Å². The summed E-state index contributed by atoms with van der Waals surface area (Å²) in [6.07, 6.45) is 7.12. The molecule has 4 rings (SSSR count). The van der Waals surface area contributed by atoms with Crippen molar-refractivity contribution in [1.29, 1.82) is 0 Å². The van der Waals surface area contributed by atoms with Gasteiger partial charge >= 0.3 is 0 Å². The first-order valence-corrected chi connectivity index (χ1v) is 6.85. The van der Waals surface area contributed by atoms with Crippen molar-refractivity contribution >= 4 is 34.2 Å². The highest BCUT2D eigenvalue weighted by Gasteiger charge is 2.61. The lowest BCUT2D eigenvalue weighted by atomic mass is 9.52. The highest BCUT2D eigenvalue weighted by atomic mass is 127. The molecule has 74 valence electrons. The van der Waals surface area contributed by atoms with E-state index in [0.29, 0.717) is 3.42 Å². The summed E-state index contributed by atoms with van der Waals surface area (Å²) in [4.78, 5) is 0.0982. The summed E-state index contributed by atoms with van der Waals surface area (Å²) >= 11 is 9.44. The SMILES string of the molecule is CC1(Cl)C2C[C@@H]3C[C@H](C2)CC1(I)C3. The van der Waals surface area contributed by atoms with Crippen LogP contribution in [0, 0.1) is 17.8 Å². The first kappa shape index (κ1) is 9.26. The lowest BCUT2D eigenvalue weighted by Gasteiger charge is -2.62. The van der Waals surface area contributed by atoms with Crippen LogP contribution in [-0.2, 0) is 0 Å². The molecule has 4 fully saturated rings. The van der Waals surface area contributed by atoms with Crippen molar-refractivity contribution in [3.63, 3.8) is 0 Å². The van der Waals surface area contributed by atoms with E-state index in [2.05, 4.69) is 29.5 Å². The molecule has 0 amide bonds. The maximum absolute atomic E-state index is 6.76. The molecule has 0 aromatic rings. The van der Waals surface area contributed by atoms with E-state index in [4.69, 9.17) is 11.6 Å². The second-order valence-corrected chi connectivity index (χ2v) is 8.44. The number of halogens is 2. The van der Waals surface area contributed by atoms with Crippen LogP contribution in [0.4, 0.5) is 0 Å². The lowest BCUT2D eigenvalue weighted by molar-refractivity contribution is 0.0139. The number of hydrogen-bond donors (Lipinski definition) is 0. The standard InChI is InChI=1S/C11H16ClI/c1-10(12)9-3-7-2-8(4-9)6-11(10,13)5-7/h7-9H,2-6H2,1H3/t7-,8+,9?,10?,11?. The molecule has 0 aliphatic heterocycles. The normalized spacial score (nSPS) is 64.4. The molecule has 4 aliphatic rings. The van der Waals surface area contributed by atoms with Crippen LogP contribution in [-0.4, -0.2) is 8.30 Å². The van der Waals surface area contributed by atoms with Gasteiger partial charge in [-0.2, -0.15) is 0 Å². The summed E-state index contributed by atoms with van der Waals surface area (Å²) in [6.45, 7) is 2.30. The van der Waals surface area contributed by atoms with Crippen molar-refractivity contribution in [1.82, 2.24) is 0 Å². The van der Waals surface area contributed by atoms with Crippen LogP contribution in [0.1, 0.15) is 39.0 Å². The first-order valence-electron chi connectivity index (χ1n) is 5.39. The van der Waals surface area contributed by atoms with E-state index in [0.717, 1.165) is 17.8 Å². The zero-order valence-corrected chi connectivity index (χ0v) is 10.9. The van der Waals surface area contributed by atoms with Gasteiger partial charge in [-0.15, -0.1) is 11.6 Å². The molecule has 0 aromatic carbocycles. The van der Waals surface area contributed by atoms with Gasteiger partial charge in [-0.05, 0) is 56.8 Å². The Morgan fingerprint density at radius 1 is 1.15 bits per heavy atom. The van der Waals surface area contributed by atoms with Crippen LogP contribution in [0.3, 0.4) is 0 Å². The van der Waals surface area contributed by atoms with E-state index >= 15 is 0 Å². The molecule has 4 aliphatic carbocycles. The second-order valence-electron chi connectivity index (χ2n) is 5.59. The van der Waals surface area contributed by atoms with E-state index in [1.807, 2.05) is 0 Å². The Bertz CT molecular complexity index is 234. The first-order chi connectivity index (χ1) is 6.01.